The van der Waals surface area contributed by atoms with Crippen molar-refractivity contribution in [1.29, 1.82) is 0 Å². The summed E-state index contributed by atoms with van der Waals surface area (Å²) in [5, 5.41) is -0.294. The largest absolute Gasteiger partial charge is 0.465 e. The normalized spacial score (nSPS) is 18.4. The maximum absolute atomic E-state index is 11.9. The lowest BCUT2D eigenvalue weighted by atomic mass is 10.1. The first-order valence-corrected chi connectivity index (χ1v) is 6.07. The number of carbonyl (C=O) groups is 2. The molecule has 0 N–H and O–H groups in total. The molecule has 0 saturated heterocycles. The maximum atomic E-state index is 11.9. The maximum Gasteiger partial charge on any atom is 0.327 e. The van der Waals surface area contributed by atoms with E-state index in [1.54, 1.807) is 25.1 Å². The van der Waals surface area contributed by atoms with E-state index in [0.717, 1.165) is 11.8 Å². The minimum atomic E-state index is -0.796. The summed E-state index contributed by atoms with van der Waals surface area (Å²) < 4.78 is 4.84. The van der Waals surface area contributed by atoms with E-state index in [1.165, 1.54) is 0 Å². The van der Waals surface area contributed by atoms with Crippen LogP contribution < -0.4 is 0 Å². The zero-order valence-corrected chi connectivity index (χ0v) is 10.1. The van der Waals surface area contributed by atoms with Crippen molar-refractivity contribution in [2.75, 3.05) is 6.61 Å². The van der Waals surface area contributed by atoms with Gasteiger partial charge in [-0.05, 0) is 13.0 Å². The Balaban J connectivity index is 2.31. The van der Waals surface area contributed by atoms with Gasteiger partial charge in [0, 0.05) is 10.5 Å². The topological polar surface area (TPSA) is 43.4 Å². The number of esters is 1. The van der Waals surface area contributed by atoms with Crippen molar-refractivity contribution in [2.45, 2.75) is 17.1 Å². The number of hydrogen-bond donors (Lipinski definition) is 0. The van der Waals surface area contributed by atoms with Gasteiger partial charge in [0.15, 0.2) is 11.0 Å². The van der Waals surface area contributed by atoms with Gasteiger partial charge in [-0.2, -0.15) is 0 Å². The van der Waals surface area contributed by atoms with E-state index >= 15 is 0 Å². The average molecular weight is 257 g/mol. The molecular formula is C11H9ClO3S. The summed E-state index contributed by atoms with van der Waals surface area (Å²) in [7, 11) is 0. The Kier molecular flexibility index (Phi) is 3.21. The summed E-state index contributed by atoms with van der Waals surface area (Å²) in [5.74, 6) is -0.717. The molecule has 0 aliphatic carbocycles. The molecule has 1 unspecified atom stereocenters. The SMILES string of the molecule is CCOC(=O)C1Sc2c(Cl)cccc2C1=O. The van der Waals surface area contributed by atoms with E-state index < -0.39 is 11.2 Å². The van der Waals surface area contributed by atoms with E-state index in [0.29, 0.717) is 15.5 Å². The van der Waals surface area contributed by atoms with E-state index in [2.05, 4.69) is 0 Å². The molecule has 1 atom stereocenters. The van der Waals surface area contributed by atoms with Gasteiger partial charge in [0.25, 0.3) is 0 Å². The standard InChI is InChI=1S/C11H9ClO3S/c1-2-15-11(14)10-8(13)6-4-3-5-7(12)9(6)16-10/h3-5,10H,2H2,1H3. The van der Waals surface area contributed by atoms with Gasteiger partial charge in [0.2, 0.25) is 0 Å². The first kappa shape index (κ1) is 11.5. The summed E-state index contributed by atoms with van der Waals surface area (Å²) in [6.07, 6.45) is 0. The highest BCUT2D eigenvalue weighted by Crippen LogP contribution is 2.41. The minimum absolute atomic E-state index is 0.221. The first-order chi connectivity index (χ1) is 7.65. The van der Waals surface area contributed by atoms with E-state index in [1.807, 2.05) is 0 Å². The molecule has 1 aromatic carbocycles. The molecule has 84 valence electrons. The van der Waals surface area contributed by atoms with Crippen molar-refractivity contribution in [2.24, 2.45) is 0 Å². The second-order valence-corrected chi connectivity index (χ2v) is 4.75. The van der Waals surface area contributed by atoms with E-state index in [9.17, 15) is 9.59 Å². The fraction of sp³-hybridized carbons (Fsp3) is 0.273. The van der Waals surface area contributed by atoms with Crippen LogP contribution >= 0.6 is 23.4 Å². The fourth-order valence-corrected chi connectivity index (χ4v) is 2.93. The van der Waals surface area contributed by atoms with Crippen LogP contribution in [0.3, 0.4) is 0 Å². The fourth-order valence-electron chi connectivity index (χ4n) is 1.51. The molecule has 0 bridgehead atoms. The van der Waals surface area contributed by atoms with Crippen LogP contribution in [0.1, 0.15) is 17.3 Å². The highest BCUT2D eigenvalue weighted by Gasteiger charge is 2.38. The van der Waals surface area contributed by atoms with Gasteiger partial charge in [0.05, 0.1) is 11.6 Å². The molecule has 1 heterocycles. The predicted molar refractivity (Wildman–Crippen MR) is 62.1 cm³/mol. The first-order valence-electron chi connectivity index (χ1n) is 4.81. The molecule has 0 radical (unpaired) electrons. The van der Waals surface area contributed by atoms with Gasteiger partial charge in [-0.3, -0.25) is 9.59 Å². The number of carbonyl (C=O) groups excluding carboxylic acids is 2. The zero-order valence-electron chi connectivity index (χ0n) is 8.53. The molecular weight excluding hydrogens is 248 g/mol. The van der Waals surface area contributed by atoms with Crippen molar-refractivity contribution in [1.82, 2.24) is 0 Å². The Bertz CT molecular complexity index is 459. The number of Topliss-reactive ketones (excluding diaryl/α,β-unsaturated/α-hetero) is 1. The Hall–Kier alpha value is -1.00. The zero-order chi connectivity index (χ0) is 11.7. The number of fused-ring (bicyclic) bond motifs is 1. The van der Waals surface area contributed by atoms with Crippen molar-refractivity contribution in [3.05, 3.63) is 28.8 Å². The van der Waals surface area contributed by atoms with Crippen LogP contribution in [0.15, 0.2) is 23.1 Å². The number of hydrogen-bond acceptors (Lipinski definition) is 4. The third kappa shape index (κ3) is 1.83. The molecule has 0 aromatic heterocycles. The number of benzene rings is 1. The van der Waals surface area contributed by atoms with Gasteiger partial charge in [-0.25, -0.2) is 0 Å². The lowest BCUT2D eigenvalue weighted by Gasteiger charge is -2.05. The Morgan fingerprint density at radius 1 is 1.56 bits per heavy atom. The molecule has 1 aliphatic rings. The van der Waals surface area contributed by atoms with Crippen LogP contribution in [0.25, 0.3) is 0 Å². The molecule has 1 aromatic rings. The third-order valence-electron chi connectivity index (χ3n) is 2.21. The van der Waals surface area contributed by atoms with Crippen LogP contribution in [0.4, 0.5) is 0 Å². The number of halogens is 1. The summed E-state index contributed by atoms with van der Waals surface area (Å²) in [6, 6.07) is 5.08. The van der Waals surface area contributed by atoms with Crippen LogP contribution in [0, 0.1) is 0 Å². The highest BCUT2D eigenvalue weighted by molar-refractivity contribution is 8.02. The molecule has 16 heavy (non-hydrogen) atoms. The second-order valence-electron chi connectivity index (χ2n) is 3.23. The van der Waals surface area contributed by atoms with Gasteiger partial charge >= 0.3 is 5.97 Å². The van der Waals surface area contributed by atoms with Crippen molar-refractivity contribution in [3.63, 3.8) is 0 Å². The average Bonchev–Trinajstić information content (AvgIpc) is 2.59. The molecule has 0 amide bonds. The molecule has 0 saturated carbocycles. The molecule has 0 spiro atoms. The quantitative estimate of drug-likeness (QED) is 0.603. The molecule has 1 aliphatic heterocycles. The summed E-state index contributed by atoms with van der Waals surface area (Å²) >= 11 is 7.12. The lowest BCUT2D eigenvalue weighted by Crippen LogP contribution is -2.25. The van der Waals surface area contributed by atoms with Gasteiger partial charge < -0.3 is 4.74 Å². The molecule has 2 rings (SSSR count). The monoisotopic (exact) mass is 256 g/mol. The number of thioether (sulfide) groups is 1. The van der Waals surface area contributed by atoms with Gasteiger partial charge in [-0.15, -0.1) is 11.8 Å². The number of ketones is 1. The molecule has 5 heteroatoms. The van der Waals surface area contributed by atoms with Crippen molar-refractivity contribution < 1.29 is 14.3 Å². The molecule has 3 nitrogen and oxygen atoms in total. The minimum Gasteiger partial charge on any atom is -0.465 e. The highest BCUT2D eigenvalue weighted by atomic mass is 35.5. The third-order valence-corrected chi connectivity index (χ3v) is 3.95. The number of rotatable bonds is 2. The Morgan fingerprint density at radius 3 is 2.94 bits per heavy atom. The van der Waals surface area contributed by atoms with Gasteiger partial charge in [0.1, 0.15) is 0 Å². The lowest BCUT2D eigenvalue weighted by molar-refractivity contribution is -0.141. The predicted octanol–water partition coefficient (Wildman–Crippen LogP) is 2.56. The number of ether oxygens (including phenoxy) is 1. The van der Waals surface area contributed by atoms with Crippen LogP contribution in [0.5, 0.6) is 0 Å². The van der Waals surface area contributed by atoms with Crippen molar-refractivity contribution in [3.8, 4) is 0 Å². The van der Waals surface area contributed by atoms with Crippen LogP contribution in [-0.4, -0.2) is 23.6 Å². The van der Waals surface area contributed by atoms with Crippen LogP contribution in [-0.2, 0) is 9.53 Å². The smallest absolute Gasteiger partial charge is 0.327 e. The van der Waals surface area contributed by atoms with Crippen LogP contribution in [0.2, 0.25) is 5.02 Å². The summed E-state index contributed by atoms with van der Waals surface area (Å²) in [5.41, 5.74) is 0.510. The van der Waals surface area contributed by atoms with Gasteiger partial charge in [-0.1, -0.05) is 23.7 Å². The Labute approximate surface area is 102 Å². The van der Waals surface area contributed by atoms with E-state index in [4.69, 9.17) is 16.3 Å². The molecule has 0 fully saturated rings. The second kappa shape index (κ2) is 4.47. The summed E-state index contributed by atoms with van der Waals surface area (Å²) in [4.78, 5) is 24.1. The van der Waals surface area contributed by atoms with E-state index in [-0.39, 0.29) is 12.4 Å². The Morgan fingerprint density at radius 2 is 2.31 bits per heavy atom. The summed E-state index contributed by atoms with van der Waals surface area (Å²) in [6.45, 7) is 1.98. The van der Waals surface area contributed by atoms with Crippen molar-refractivity contribution >= 4 is 35.1 Å².